The number of carbonyl (C=O) groups excluding carboxylic acids is 3. The van der Waals surface area contributed by atoms with Crippen LogP contribution < -0.4 is 0 Å². The summed E-state index contributed by atoms with van der Waals surface area (Å²) in [5.74, 6) is -0.876. The van der Waals surface area contributed by atoms with Gasteiger partial charge in [-0.1, -0.05) is 268 Å². The Morgan fingerprint density at radius 1 is 0.274 bits per heavy atom. The highest BCUT2D eigenvalue weighted by atomic mass is 16.6. The van der Waals surface area contributed by atoms with Gasteiger partial charge < -0.3 is 14.2 Å². The maximum atomic E-state index is 12.9. The van der Waals surface area contributed by atoms with Crippen molar-refractivity contribution in [2.75, 3.05) is 13.2 Å². The zero-order valence-corrected chi connectivity index (χ0v) is 48.9. The highest BCUT2D eigenvalue weighted by Gasteiger charge is 2.19. The van der Waals surface area contributed by atoms with Crippen LogP contribution in [0.2, 0.25) is 0 Å². The fourth-order valence-corrected chi connectivity index (χ4v) is 9.41. The molecule has 0 amide bonds. The lowest BCUT2D eigenvalue weighted by Gasteiger charge is -2.18. The first-order valence-electron chi connectivity index (χ1n) is 32.1. The Labute approximate surface area is 454 Å². The van der Waals surface area contributed by atoms with E-state index in [0.29, 0.717) is 19.3 Å². The van der Waals surface area contributed by atoms with Gasteiger partial charge in [0.1, 0.15) is 13.2 Å². The summed E-state index contributed by atoms with van der Waals surface area (Å²) >= 11 is 0. The van der Waals surface area contributed by atoms with E-state index in [0.717, 1.165) is 77.0 Å². The Balaban J connectivity index is 4.34. The third-order valence-corrected chi connectivity index (χ3v) is 14.3. The molecule has 0 rings (SSSR count). The van der Waals surface area contributed by atoms with Crippen LogP contribution in [-0.4, -0.2) is 37.2 Å². The molecule has 0 aromatic carbocycles. The molecule has 0 bridgehead atoms. The van der Waals surface area contributed by atoms with Crippen molar-refractivity contribution in [1.82, 2.24) is 0 Å². The summed E-state index contributed by atoms with van der Waals surface area (Å²) in [5.41, 5.74) is 0. The van der Waals surface area contributed by atoms with E-state index in [2.05, 4.69) is 69.4 Å². The second-order valence-electron chi connectivity index (χ2n) is 21.7. The van der Waals surface area contributed by atoms with Crippen LogP contribution in [0.25, 0.3) is 0 Å². The summed E-state index contributed by atoms with van der Waals surface area (Å²) in [6.45, 7) is 6.64. The Bertz CT molecular complexity index is 1270. The average Bonchev–Trinajstić information content (AvgIpc) is 3.39. The van der Waals surface area contributed by atoms with E-state index in [1.54, 1.807) is 0 Å². The van der Waals surface area contributed by atoms with Crippen molar-refractivity contribution >= 4 is 17.9 Å². The molecule has 6 heteroatoms. The SMILES string of the molecule is CCCCC/C=C\C/C=C\CCCCCCCC(=O)OCC(COC(=O)CCCCCCCCCCC/C=C\CCCCCCCCCC)OC(=O)CCCCCCCCCCC/C=C\CCCCCCCC. The zero-order valence-electron chi connectivity index (χ0n) is 48.9. The van der Waals surface area contributed by atoms with Crippen molar-refractivity contribution in [3.63, 3.8) is 0 Å². The molecule has 1 atom stereocenters. The number of esters is 3. The predicted molar refractivity (Wildman–Crippen MR) is 316 cm³/mol. The normalized spacial score (nSPS) is 12.3. The third-order valence-electron chi connectivity index (χ3n) is 14.3. The molecule has 1 unspecified atom stereocenters. The van der Waals surface area contributed by atoms with E-state index < -0.39 is 6.10 Å². The molecule has 0 heterocycles. The summed E-state index contributed by atoms with van der Waals surface area (Å²) < 4.78 is 16.9. The largest absolute Gasteiger partial charge is 0.462 e. The highest BCUT2D eigenvalue weighted by Crippen LogP contribution is 2.17. The highest BCUT2D eigenvalue weighted by molar-refractivity contribution is 5.71. The van der Waals surface area contributed by atoms with Gasteiger partial charge in [-0.3, -0.25) is 14.4 Å². The van der Waals surface area contributed by atoms with E-state index in [1.165, 1.54) is 225 Å². The van der Waals surface area contributed by atoms with Crippen molar-refractivity contribution < 1.29 is 28.6 Å². The smallest absolute Gasteiger partial charge is 0.306 e. The van der Waals surface area contributed by atoms with Crippen molar-refractivity contribution in [2.24, 2.45) is 0 Å². The number of unbranched alkanes of at least 4 members (excludes halogenated alkanes) is 40. The molecule has 0 saturated heterocycles. The minimum atomic E-state index is -0.781. The molecule has 0 aromatic rings. The number of hydrogen-bond donors (Lipinski definition) is 0. The number of ether oxygens (including phenoxy) is 3. The minimum Gasteiger partial charge on any atom is -0.462 e. The molecular weight excluding hydrogens is 901 g/mol. The monoisotopic (exact) mass is 1020 g/mol. The Kier molecular flexibility index (Phi) is 59.7. The lowest BCUT2D eigenvalue weighted by Crippen LogP contribution is -2.30. The molecule has 0 N–H and O–H groups in total. The fraction of sp³-hybridized carbons (Fsp3) is 0.836. The minimum absolute atomic E-state index is 0.0773. The molecule has 0 fully saturated rings. The summed E-state index contributed by atoms with van der Waals surface area (Å²) in [7, 11) is 0. The second-order valence-corrected chi connectivity index (χ2v) is 21.7. The lowest BCUT2D eigenvalue weighted by molar-refractivity contribution is -0.167. The second kappa shape index (κ2) is 61.9. The maximum Gasteiger partial charge on any atom is 0.306 e. The van der Waals surface area contributed by atoms with Crippen LogP contribution in [0.3, 0.4) is 0 Å². The Morgan fingerprint density at radius 2 is 0.493 bits per heavy atom. The van der Waals surface area contributed by atoms with Gasteiger partial charge in [0.05, 0.1) is 0 Å². The van der Waals surface area contributed by atoms with Crippen molar-refractivity contribution in [3.8, 4) is 0 Å². The molecule has 0 aliphatic heterocycles. The number of rotatable bonds is 59. The van der Waals surface area contributed by atoms with Gasteiger partial charge in [-0.2, -0.15) is 0 Å². The number of carbonyl (C=O) groups is 3. The third kappa shape index (κ3) is 60.1. The van der Waals surface area contributed by atoms with E-state index in [9.17, 15) is 14.4 Å². The van der Waals surface area contributed by atoms with E-state index in [1.807, 2.05) is 0 Å². The molecule has 0 aromatic heterocycles. The van der Waals surface area contributed by atoms with Gasteiger partial charge in [-0.05, 0) is 103 Å². The predicted octanol–water partition coefficient (Wildman–Crippen LogP) is 21.8. The number of allylic oxidation sites excluding steroid dienone is 8. The van der Waals surface area contributed by atoms with E-state index in [-0.39, 0.29) is 31.1 Å². The van der Waals surface area contributed by atoms with Gasteiger partial charge in [0.2, 0.25) is 0 Å². The first-order valence-corrected chi connectivity index (χ1v) is 32.1. The van der Waals surface area contributed by atoms with Gasteiger partial charge in [0.15, 0.2) is 6.10 Å². The topological polar surface area (TPSA) is 78.9 Å². The fourth-order valence-electron chi connectivity index (χ4n) is 9.41. The average molecular weight is 1020 g/mol. The molecule has 0 saturated carbocycles. The van der Waals surface area contributed by atoms with Crippen molar-refractivity contribution in [1.29, 1.82) is 0 Å². The van der Waals surface area contributed by atoms with Crippen molar-refractivity contribution in [2.45, 2.75) is 348 Å². The molecule has 0 aliphatic rings. The van der Waals surface area contributed by atoms with Crippen LogP contribution in [0.5, 0.6) is 0 Å². The van der Waals surface area contributed by atoms with Gasteiger partial charge in [-0.15, -0.1) is 0 Å². The van der Waals surface area contributed by atoms with Gasteiger partial charge in [-0.25, -0.2) is 0 Å². The Hall–Kier alpha value is -2.63. The summed E-state index contributed by atoms with van der Waals surface area (Å²) in [4.78, 5) is 38.3. The molecule has 6 nitrogen and oxygen atoms in total. The zero-order chi connectivity index (χ0) is 52.9. The van der Waals surface area contributed by atoms with Crippen LogP contribution in [0.4, 0.5) is 0 Å². The van der Waals surface area contributed by atoms with Crippen LogP contribution in [-0.2, 0) is 28.6 Å². The van der Waals surface area contributed by atoms with E-state index in [4.69, 9.17) is 14.2 Å². The Morgan fingerprint density at radius 3 is 0.795 bits per heavy atom. The van der Waals surface area contributed by atoms with Gasteiger partial charge in [0.25, 0.3) is 0 Å². The van der Waals surface area contributed by atoms with Crippen molar-refractivity contribution in [3.05, 3.63) is 48.6 Å². The van der Waals surface area contributed by atoms with E-state index >= 15 is 0 Å². The lowest BCUT2D eigenvalue weighted by atomic mass is 10.1. The molecule has 73 heavy (non-hydrogen) atoms. The summed E-state index contributed by atoms with van der Waals surface area (Å²) in [6.07, 6.45) is 76.8. The molecule has 0 spiro atoms. The standard InChI is InChI=1S/C67H122O6/c1-4-7-10-13-16-19-22-25-28-30-32-33-35-36-39-42-45-48-51-54-57-60-66(69)72-63-64(62-71-65(68)59-56-53-50-47-44-41-38-27-24-21-18-15-12-9-6-3)73-67(70)61-58-55-52-49-46-43-40-37-34-31-29-26-23-20-17-14-11-8-5-2/h18,21,26-27,29-30,32,38,64H,4-17,19-20,22-25,28,31,33-37,39-63H2,1-3H3/b21-18-,29-26-,32-30-,38-27-. The van der Waals surface area contributed by atoms with Crippen LogP contribution in [0.15, 0.2) is 48.6 Å². The first-order chi connectivity index (χ1) is 36.0. The molecular formula is C67H122O6. The summed E-state index contributed by atoms with van der Waals surface area (Å²) in [5, 5.41) is 0. The quantitative estimate of drug-likeness (QED) is 0.0261. The van der Waals surface area contributed by atoms with Crippen LogP contribution >= 0.6 is 0 Å². The first kappa shape index (κ1) is 70.4. The summed E-state index contributed by atoms with van der Waals surface area (Å²) in [6, 6.07) is 0. The molecule has 0 aliphatic carbocycles. The van der Waals surface area contributed by atoms with Crippen LogP contribution in [0, 0.1) is 0 Å². The van der Waals surface area contributed by atoms with Gasteiger partial charge in [0, 0.05) is 19.3 Å². The maximum absolute atomic E-state index is 12.9. The molecule has 426 valence electrons. The number of hydrogen-bond acceptors (Lipinski definition) is 6. The molecule has 0 radical (unpaired) electrons. The van der Waals surface area contributed by atoms with Crippen LogP contribution in [0.1, 0.15) is 342 Å². The van der Waals surface area contributed by atoms with Gasteiger partial charge >= 0.3 is 17.9 Å².